The molecule has 1 fully saturated rings. The number of nitrogens with one attached hydrogen (secondary N) is 1. The summed E-state index contributed by atoms with van der Waals surface area (Å²) < 4.78 is 0. The molecule has 3 aromatic rings. The van der Waals surface area contributed by atoms with E-state index in [-0.39, 0.29) is 0 Å². The molecular weight excluding hydrogens is 350 g/mol. The minimum Gasteiger partial charge on any atom is -0.317 e. The Labute approximate surface area is 176 Å². The van der Waals surface area contributed by atoms with E-state index >= 15 is 0 Å². The van der Waals surface area contributed by atoms with E-state index in [1.165, 1.54) is 98.8 Å². The van der Waals surface area contributed by atoms with Crippen LogP contribution < -0.4 is 5.32 Å². The maximum Gasteiger partial charge on any atom is -0.00489 e. The number of hydrogen-bond donors (Lipinski definition) is 1. The van der Waals surface area contributed by atoms with Crippen molar-refractivity contribution < 1.29 is 0 Å². The van der Waals surface area contributed by atoms with Crippen molar-refractivity contribution in [2.24, 2.45) is 0 Å². The molecule has 0 radical (unpaired) electrons. The summed E-state index contributed by atoms with van der Waals surface area (Å²) in [6, 6.07) is 18.3. The average molecular weight is 388 g/mol. The Balaban J connectivity index is 0.000000294. The quantitative estimate of drug-likeness (QED) is 0.356. The lowest BCUT2D eigenvalue weighted by molar-refractivity contribution is 0.495. The predicted molar refractivity (Wildman–Crippen MR) is 128 cm³/mol. The Morgan fingerprint density at radius 1 is 0.793 bits per heavy atom. The number of benzene rings is 3. The lowest BCUT2D eigenvalue weighted by atomic mass is 9.78. The summed E-state index contributed by atoms with van der Waals surface area (Å²) in [7, 11) is 0. The monoisotopic (exact) mass is 387 g/mol. The minimum absolute atomic E-state index is 0.793. The van der Waals surface area contributed by atoms with Crippen LogP contribution in [0.2, 0.25) is 0 Å². The van der Waals surface area contributed by atoms with Gasteiger partial charge in [-0.05, 0) is 90.2 Å². The summed E-state index contributed by atoms with van der Waals surface area (Å²) in [6.45, 7) is 4.80. The van der Waals surface area contributed by atoms with Gasteiger partial charge in [-0.15, -0.1) is 0 Å². The van der Waals surface area contributed by atoms with E-state index in [0.29, 0.717) is 0 Å². The molecule has 1 atom stereocenters. The highest BCUT2D eigenvalue weighted by molar-refractivity contribution is 6.08. The first-order chi connectivity index (χ1) is 14.4. The Morgan fingerprint density at radius 3 is 2.38 bits per heavy atom. The third-order valence-corrected chi connectivity index (χ3v) is 6.86. The zero-order valence-electron chi connectivity index (χ0n) is 18.2. The first-order valence-electron chi connectivity index (χ1n) is 12.0. The Kier molecular flexibility index (Phi) is 7.22. The molecule has 0 amide bonds. The summed E-state index contributed by atoms with van der Waals surface area (Å²) in [5.74, 6) is 0.793. The first-order valence-corrected chi connectivity index (χ1v) is 12.0. The van der Waals surface area contributed by atoms with Gasteiger partial charge in [0.15, 0.2) is 0 Å². The number of rotatable bonds is 4. The molecule has 1 aliphatic heterocycles. The van der Waals surface area contributed by atoms with E-state index in [2.05, 4.69) is 60.8 Å². The van der Waals surface area contributed by atoms with Crippen molar-refractivity contribution in [3.63, 3.8) is 0 Å². The molecule has 0 bridgehead atoms. The maximum absolute atomic E-state index is 3.28. The van der Waals surface area contributed by atoms with E-state index in [1.54, 1.807) is 11.1 Å². The normalized spacial score (nSPS) is 18.9. The van der Waals surface area contributed by atoms with Crippen LogP contribution in [0.5, 0.6) is 0 Å². The lowest BCUT2D eigenvalue weighted by Crippen LogP contribution is -2.21. The molecule has 2 aliphatic rings. The van der Waals surface area contributed by atoms with E-state index in [9.17, 15) is 0 Å². The van der Waals surface area contributed by atoms with Crippen molar-refractivity contribution in [3.05, 3.63) is 59.7 Å². The highest BCUT2D eigenvalue weighted by atomic mass is 14.9. The number of piperidine rings is 1. The molecule has 154 valence electrons. The van der Waals surface area contributed by atoms with Crippen molar-refractivity contribution in [1.29, 1.82) is 0 Å². The van der Waals surface area contributed by atoms with Gasteiger partial charge in [0.25, 0.3) is 0 Å². The van der Waals surface area contributed by atoms with Crippen molar-refractivity contribution in [2.75, 3.05) is 13.1 Å². The average Bonchev–Trinajstić information content (AvgIpc) is 2.80. The van der Waals surface area contributed by atoms with Crippen LogP contribution in [-0.4, -0.2) is 13.1 Å². The topological polar surface area (TPSA) is 12.0 Å². The van der Waals surface area contributed by atoms with Gasteiger partial charge in [-0.2, -0.15) is 0 Å². The fourth-order valence-corrected chi connectivity index (χ4v) is 5.25. The number of aryl methyl sites for hydroxylation is 1. The summed E-state index contributed by atoms with van der Waals surface area (Å²) in [6.07, 6.45) is 13.7. The Hall–Kier alpha value is -1.86. The van der Waals surface area contributed by atoms with Gasteiger partial charge in [-0.25, -0.2) is 0 Å². The van der Waals surface area contributed by atoms with Crippen molar-refractivity contribution in [3.8, 4) is 0 Å². The molecule has 29 heavy (non-hydrogen) atoms. The molecule has 3 aromatic carbocycles. The molecular formula is C28H37N. The van der Waals surface area contributed by atoms with Gasteiger partial charge < -0.3 is 5.32 Å². The SMILES string of the molecule is C1CCNCC1.CCCCCC1CCCc2c1ccc1c2ccc2ccccc21. The van der Waals surface area contributed by atoms with Crippen LogP contribution >= 0.6 is 0 Å². The summed E-state index contributed by atoms with van der Waals surface area (Å²) in [5.41, 5.74) is 3.29. The second kappa shape index (κ2) is 10.3. The smallest absolute Gasteiger partial charge is 0.00489 e. The van der Waals surface area contributed by atoms with Gasteiger partial charge >= 0.3 is 0 Å². The van der Waals surface area contributed by atoms with Gasteiger partial charge in [0.05, 0.1) is 0 Å². The molecule has 0 saturated carbocycles. The Bertz CT molecular complexity index is 911. The largest absolute Gasteiger partial charge is 0.317 e. The van der Waals surface area contributed by atoms with Crippen molar-refractivity contribution >= 4 is 21.5 Å². The van der Waals surface area contributed by atoms with Crippen LogP contribution in [-0.2, 0) is 6.42 Å². The van der Waals surface area contributed by atoms with Crippen LogP contribution in [0.4, 0.5) is 0 Å². The second-order valence-corrected chi connectivity index (χ2v) is 8.91. The molecule has 1 heterocycles. The van der Waals surface area contributed by atoms with Gasteiger partial charge in [-0.3, -0.25) is 0 Å². The zero-order chi connectivity index (χ0) is 19.9. The molecule has 1 heteroatoms. The molecule has 1 aliphatic carbocycles. The van der Waals surface area contributed by atoms with E-state index in [4.69, 9.17) is 0 Å². The standard InChI is InChI=1S/C23H26.C5H11N/c1-2-3-4-8-17-10-7-12-21-20(17)15-16-22-19-11-6-5-9-18(19)13-14-23(21)22;1-2-4-6-5-3-1/h5-6,9,11,13-17H,2-4,7-8,10,12H2,1H3;6H,1-5H2. The Morgan fingerprint density at radius 2 is 1.62 bits per heavy atom. The van der Waals surface area contributed by atoms with E-state index < -0.39 is 0 Å². The maximum atomic E-state index is 3.28. The van der Waals surface area contributed by atoms with Crippen LogP contribution in [0.15, 0.2) is 48.5 Å². The zero-order valence-corrected chi connectivity index (χ0v) is 18.2. The fraction of sp³-hybridized carbons (Fsp3) is 0.500. The van der Waals surface area contributed by atoms with Gasteiger partial charge in [0, 0.05) is 0 Å². The second-order valence-electron chi connectivity index (χ2n) is 8.91. The molecule has 1 unspecified atom stereocenters. The van der Waals surface area contributed by atoms with E-state index in [1.807, 2.05) is 0 Å². The minimum atomic E-state index is 0.793. The van der Waals surface area contributed by atoms with E-state index in [0.717, 1.165) is 5.92 Å². The van der Waals surface area contributed by atoms with Gasteiger partial charge in [0.2, 0.25) is 0 Å². The first kappa shape index (κ1) is 20.4. The third kappa shape index (κ3) is 4.83. The molecule has 5 rings (SSSR count). The summed E-state index contributed by atoms with van der Waals surface area (Å²) in [5, 5.41) is 8.99. The number of fused-ring (bicyclic) bond motifs is 5. The van der Waals surface area contributed by atoms with Gasteiger partial charge in [0.1, 0.15) is 0 Å². The highest BCUT2D eigenvalue weighted by Gasteiger charge is 2.21. The highest BCUT2D eigenvalue weighted by Crippen LogP contribution is 2.40. The van der Waals surface area contributed by atoms with Crippen molar-refractivity contribution in [1.82, 2.24) is 5.32 Å². The summed E-state index contributed by atoms with van der Waals surface area (Å²) >= 11 is 0. The molecule has 0 spiro atoms. The number of hydrogen-bond acceptors (Lipinski definition) is 1. The van der Waals surface area contributed by atoms with Crippen LogP contribution in [0.1, 0.15) is 81.8 Å². The fourth-order valence-electron chi connectivity index (χ4n) is 5.25. The van der Waals surface area contributed by atoms with Crippen molar-refractivity contribution in [2.45, 2.75) is 77.0 Å². The molecule has 0 aromatic heterocycles. The van der Waals surface area contributed by atoms with Crippen LogP contribution in [0.3, 0.4) is 0 Å². The molecule has 1 N–H and O–H groups in total. The van der Waals surface area contributed by atoms with Gasteiger partial charge in [-0.1, -0.05) is 81.1 Å². The van der Waals surface area contributed by atoms with Crippen LogP contribution in [0, 0.1) is 0 Å². The lowest BCUT2D eigenvalue weighted by Gasteiger charge is -2.27. The van der Waals surface area contributed by atoms with Crippen LogP contribution in [0.25, 0.3) is 21.5 Å². The third-order valence-electron chi connectivity index (χ3n) is 6.86. The molecule has 1 saturated heterocycles. The predicted octanol–water partition coefficient (Wildman–Crippen LogP) is 7.75. The number of unbranched alkanes of at least 4 members (excludes halogenated alkanes) is 2. The molecule has 1 nitrogen and oxygen atoms in total. The summed E-state index contributed by atoms with van der Waals surface area (Å²) in [4.78, 5) is 0.